The van der Waals surface area contributed by atoms with E-state index in [1.165, 1.54) is 5.56 Å². The van der Waals surface area contributed by atoms with E-state index in [9.17, 15) is 0 Å². The average molecular weight is 400 g/mol. The lowest BCUT2D eigenvalue weighted by Gasteiger charge is -2.34. The minimum absolute atomic E-state index is 0.826. The van der Waals surface area contributed by atoms with E-state index in [4.69, 9.17) is 9.97 Å². The van der Waals surface area contributed by atoms with Gasteiger partial charge in [0.2, 0.25) is 5.95 Å². The number of aryl methyl sites for hydroxylation is 1. The van der Waals surface area contributed by atoms with E-state index in [1.54, 1.807) is 0 Å². The fourth-order valence-electron chi connectivity index (χ4n) is 3.67. The summed E-state index contributed by atoms with van der Waals surface area (Å²) in [5.41, 5.74) is 3.36. The van der Waals surface area contributed by atoms with Crippen LogP contribution in [0.1, 0.15) is 11.3 Å². The predicted molar refractivity (Wildman–Crippen MR) is 125 cm³/mol. The van der Waals surface area contributed by atoms with Crippen LogP contribution in [0.3, 0.4) is 0 Å². The molecule has 154 valence electrons. The molecule has 1 aromatic heterocycles. The average Bonchev–Trinajstić information content (AvgIpc) is 2.80. The van der Waals surface area contributed by atoms with Gasteiger partial charge < -0.3 is 9.80 Å². The molecule has 0 N–H and O–H groups in total. The van der Waals surface area contributed by atoms with Crippen LogP contribution in [0.15, 0.2) is 72.8 Å². The number of nitrogens with zero attached hydrogens (tertiary/aromatic N) is 5. The maximum Gasteiger partial charge on any atom is 0.227 e. The normalized spacial score (nSPS) is 14.9. The van der Waals surface area contributed by atoms with E-state index >= 15 is 0 Å². The van der Waals surface area contributed by atoms with Gasteiger partial charge in [-0.1, -0.05) is 60.7 Å². The minimum atomic E-state index is 0.826. The highest BCUT2D eigenvalue weighted by Gasteiger charge is 2.19. The van der Waals surface area contributed by atoms with Gasteiger partial charge in [-0.3, -0.25) is 4.90 Å². The Labute approximate surface area is 179 Å². The Kier molecular flexibility index (Phi) is 6.40. The number of rotatable bonds is 6. The largest absolute Gasteiger partial charge is 0.338 e. The van der Waals surface area contributed by atoms with Crippen LogP contribution in [-0.2, 0) is 0 Å². The molecule has 2 aromatic carbocycles. The van der Waals surface area contributed by atoms with Crippen molar-refractivity contribution in [3.05, 3.63) is 84.1 Å². The van der Waals surface area contributed by atoms with Gasteiger partial charge >= 0.3 is 0 Å². The zero-order chi connectivity index (χ0) is 20.8. The summed E-state index contributed by atoms with van der Waals surface area (Å²) in [6.45, 7) is 6.92. The molecular formula is C25H29N5. The van der Waals surface area contributed by atoms with Crippen LogP contribution >= 0.6 is 0 Å². The quantitative estimate of drug-likeness (QED) is 0.614. The highest BCUT2D eigenvalue weighted by Crippen LogP contribution is 2.24. The Morgan fingerprint density at radius 3 is 2.27 bits per heavy atom. The number of hydrogen-bond donors (Lipinski definition) is 0. The fraction of sp³-hybridized carbons (Fsp3) is 0.280. The third-order valence-electron chi connectivity index (χ3n) is 5.44. The van der Waals surface area contributed by atoms with Crippen molar-refractivity contribution in [1.82, 2.24) is 14.9 Å². The lowest BCUT2D eigenvalue weighted by Crippen LogP contribution is -2.47. The lowest BCUT2D eigenvalue weighted by molar-refractivity contribution is 0.283. The van der Waals surface area contributed by atoms with Crippen molar-refractivity contribution in [3.8, 4) is 0 Å². The molecule has 1 aliphatic heterocycles. The molecule has 0 aliphatic carbocycles. The topological polar surface area (TPSA) is 35.5 Å². The highest BCUT2D eigenvalue weighted by molar-refractivity contribution is 5.60. The number of benzene rings is 2. The molecule has 1 fully saturated rings. The maximum atomic E-state index is 4.87. The number of anilines is 3. The first-order chi connectivity index (χ1) is 14.7. The van der Waals surface area contributed by atoms with Crippen LogP contribution in [-0.4, -0.2) is 54.6 Å². The second-order valence-corrected chi connectivity index (χ2v) is 7.66. The zero-order valence-corrected chi connectivity index (χ0v) is 17.8. The molecule has 4 rings (SSSR count). The molecule has 2 heterocycles. The Morgan fingerprint density at radius 1 is 0.900 bits per heavy atom. The van der Waals surface area contributed by atoms with Crippen LogP contribution in [0.5, 0.6) is 0 Å². The number of hydrogen-bond acceptors (Lipinski definition) is 5. The monoisotopic (exact) mass is 399 g/mol. The van der Waals surface area contributed by atoms with Crippen LogP contribution in [0.25, 0.3) is 6.08 Å². The molecule has 0 radical (unpaired) electrons. The third-order valence-corrected chi connectivity index (χ3v) is 5.44. The standard InChI is InChI=1S/C25H29N5/c1-21-20-24(28(2)23-13-7-4-8-14-23)27-25(26-21)30-18-16-29(17-19-30)15-9-12-22-10-5-3-6-11-22/h3-14,20H,15-19H2,1-2H3/b12-9+. The van der Waals surface area contributed by atoms with E-state index in [2.05, 4.69) is 70.3 Å². The molecule has 0 unspecified atom stereocenters. The van der Waals surface area contributed by atoms with Gasteiger partial charge in [-0.05, 0) is 24.6 Å². The smallest absolute Gasteiger partial charge is 0.227 e. The zero-order valence-electron chi connectivity index (χ0n) is 17.8. The van der Waals surface area contributed by atoms with Crippen molar-refractivity contribution in [1.29, 1.82) is 0 Å². The second kappa shape index (κ2) is 9.55. The molecule has 1 aliphatic rings. The Morgan fingerprint density at radius 2 is 1.57 bits per heavy atom. The fourth-order valence-corrected chi connectivity index (χ4v) is 3.67. The van der Waals surface area contributed by atoms with E-state index < -0.39 is 0 Å². The molecule has 3 aromatic rings. The lowest BCUT2D eigenvalue weighted by atomic mass is 10.2. The number of piperazine rings is 1. The van der Waals surface area contributed by atoms with Crippen molar-refractivity contribution in [2.45, 2.75) is 6.92 Å². The van der Waals surface area contributed by atoms with E-state index in [0.29, 0.717) is 0 Å². The van der Waals surface area contributed by atoms with E-state index in [-0.39, 0.29) is 0 Å². The van der Waals surface area contributed by atoms with E-state index in [0.717, 1.165) is 55.9 Å². The van der Waals surface area contributed by atoms with Crippen molar-refractivity contribution in [2.75, 3.05) is 49.6 Å². The molecule has 1 saturated heterocycles. The van der Waals surface area contributed by atoms with E-state index in [1.807, 2.05) is 37.3 Å². The predicted octanol–water partition coefficient (Wildman–Crippen LogP) is 4.39. The molecular weight excluding hydrogens is 370 g/mol. The van der Waals surface area contributed by atoms with Crippen molar-refractivity contribution < 1.29 is 0 Å². The summed E-state index contributed by atoms with van der Waals surface area (Å²) in [6.07, 6.45) is 4.45. The Balaban J connectivity index is 1.37. The van der Waals surface area contributed by atoms with Gasteiger partial charge in [0.15, 0.2) is 0 Å². The van der Waals surface area contributed by atoms with Gasteiger partial charge in [-0.15, -0.1) is 0 Å². The van der Waals surface area contributed by atoms with Gasteiger partial charge in [-0.2, -0.15) is 4.98 Å². The van der Waals surface area contributed by atoms with Gasteiger partial charge in [0.05, 0.1) is 0 Å². The van der Waals surface area contributed by atoms with Crippen molar-refractivity contribution in [2.24, 2.45) is 0 Å². The number of para-hydroxylation sites is 1. The van der Waals surface area contributed by atoms with Gasteiger partial charge in [0.25, 0.3) is 0 Å². The van der Waals surface area contributed by atoms with Crippen molar-refractivity contribution in [3.63, 3.8) is 0 Å². The number of aromatic nitrogens is 2. The molecule has 30 heavy (non-hydrogen) atoms. The summed E-state index contributed by atoms with van der Waals surface area (Å²) < 4.78 is 0. The Bertz CT molecular complexity index is 963. The second-order valence-electron chi connectivity index (χ2n) is 7.66. The maximum absolute atomic E-state index is 4.87. The van der Waals surface area contributed by atoms with Gasteiger partial charge in [-0.25, -0.2) is 4.98 Å². The third kappa shape index (κ3) is 5.05. The van der Waals surface area contributed by atoms with Crippen LogP contribution in [0.2, 0.25) is 0 Å². The Hall–Kier alpha value is -3.18. The summed E-state index contributed by atoms with van der Waals surface area (Å²) in [5.74, 6) is 1.75. The summed E-state index contributed by atoms with van der Waals surface area (Å²) in [5, 5.41) is 0. The summed E-state index contributed by atoms with van der Waals surface area (Å²) >= 11 is 0. The highest BCUT2D eigenvalue weighted by atomic mass is 15.3. The molecule has 0 spiro atoms. The van der Waals surface area contributed by atoms with Crippen LogP contribution in [0.4, 0.5) is 17.5 Å². The molecule has 5 nitrogen and oxygen atoms in total. The molecule has 0 saturated carbocycles. The molecule has 5 heteroatoms. The van der Waals surface area contributed by atoms with Crippen LogP contribution < -0.4 is 9.80 Å². The summed E-state index contributed by atoms with van der Waals surface area (Å²) in [7, 11) is 2.05. The van der Waals surface area contributed by atoms with Gasteiger partial charge in [0.1, 0.15) is 5.82 Å². The molecule has 0 bridgehead atoms. The first-order valence-corrected chi connectivity index (χ1v) is 10.5. The summed E-state index contributed by atoms with van der Waals surface area (Å²) in [4.78, 5) is 16.5. The molecule has 0 amide bonds. The molecule has 0 atom stereocenters. The first kappa shape index (κ1) is 20.1. The minimum Gasteiger partial charge on any atom is -0.338 e. The van der Waals surface area contributed by atoms with Crippen molar-refractivity contribution >= 4 is 23.5 Å². The summed E-state index contributed by atoms with van der Waals surface area (Å²) in [6, 6.07) is 22.8. The van der Waals surface area contributed by atoms with Gasteiger partial charge in [0, 0.05) is 57.2 Å². The first-order valence-electron chi connectivity index (χ1n) is 10.5. The van der Waals surface area contributed by atoms with Crippen LogP contribution in [0, 0.1) is 6.92 Å². The SMILES string of the molecule is Cc1cc(N(C)c2ccccc2)nc(N2CCN(C/C=C/c3ccccc3)CC2)n1.